The molecule has 0 aliphatic rings. The molecule has 0 unspecified atom stereocenters. The summed E-state index contributed by atoms with van der Waals surface area (Å²) in [5, 5.41) is 9.08. The van der Waals surface area contributed by atoms with Crippen molar-refractivity contribution in [3.8, 4) is 6.07 Å². The van der Waals surface area contributed by atoms with Gasteiger partial charge >= 0.3 is 6.18 Å². The summed E-state index contributed by atoms with van der Waals surface area (Å²) in [6.45, 7) is 1.67. The van der Waals surface area contributed by atoms with E-state index in [0.29, 0.717) is 27.4 Å². The van der Waals surface area contributed by atoms with E-state index in [9.17, 15) is 13.2 Å². The van der Waals surface area contributed by atoms with E-state index in [1.165, 1.54) is 23.9 Å². The molecule has 116 valence electrons. The Bertz CT molecular complexity index is 908. The van der Waals surface area contributed by atoms with Crippen molar-refractivity contribution in [3.05, 3.63) is 53.4 Å². The minimum atomic E-state index is -4.35. The number of aryl methyl sites for hydroxylation is 1. The molecule has 0 fully saturated rings. The Morgan fingerprint density at radius 2 is 1.83 bits per heavy atom. The zero-order chi connectivity index (χ0) is 16.6. The molecule has 2 aromatic carbocycles. The van der Waals surface area contributed by atoms with E-state index in [1.54, 1.807) is 19.1 Å². The van der Waals surface area contributed by atoms with Crippen molar-refractivity contribution >= 4 is 22.9 Å². The second-order valence-corrected chi connectivity index (χ2v) is 5.87. The first-order valence-corrected chi connectivity index (χ1v) is 7.35. The maximum atomic E-state index is 12.6. The molecule has 0 N–H and O–H groups in total. The van der Waals surface area contributed by atoms with Gasteiger partial charge in [-0.05, 0) is 36.4 Å². The average Bonchev–Trinajstić information content (AvgIpc) is 2.89. The molecule has 0 spiro atoms. The van der Waals surface area contributed by atoms with Crippen LogP contribution in [0.4, 0.5) is 13.2 Å². The lowest BCUT2D eigenvalue weighted by Gasteiger charge is -2.07. The quantitative estimate of drug-likeness (QED) is 0.648. The normalized spacial score (nSPS) is 11.6. The molecule has 0 aliphatic heterocycles. The number of rotatable bonds is 2. The third-order valence-electron chi connectivity index (χ3n) is 3.14. The van der Waals surface area contributed by atoms with E-state index in [-0.39, 0.29) is 0 Å². The Labute approximate surface area is 133 Å². The Kier molecular flexibility index (Phi) is 3.78. The lowest BCUT2D eigenvalue weighted by Crippen LogP contribution is -2.03. The molecule has 0 bridgehead atoms. The summed E-state index contributed by atoms with van der Waals surface area (Å²) >= 11 is 1.27. The van der Waals surface area contributed by atoms with Crippen molar-refractivity contribution in [2.45, 2.75) is 22.9 Å². The first kappa shape index (κ1) is 15.4. The third kappa shape index (κ3) is 3.03. The summed E-state index contributed by atoms with van der Waals surface area (Å²) in [4.78, 5) is 5.62. The number of alkyl halides is 3. The number of hydrogen-bond donors (Lipinski definition) is 0. The summed E-state index contributed by atoms with van der Waals surface area (Å²) < 4.78 is 43.2. The maximum absolute atomic E-state index is 12.6. The zero-order valence-corrected chi connectivity index (χ0v) is 12.6. The van der Waals surface area contributed by atoms with Gasteiger partial charge in [-0.3, -0.25) is 0 Å². The van der Waals surface area contributed by atoms with Gasteiger partial charge in [-0.1, -0.05) is 11.8 Å². The number of benzene rings is 2. The highest BCUT2D eigenvalue weighted by Crippen LogP contribution is 2.36. The highest BCUT2D eigenvalue weighted by Gasteiger charge is 2.30. The third-order valence-corrected chi connectivity index (χ3v) is 4.20. The van der Waals surface area contributed by atoms with Crippen molar-refractivity contribution < 1.29 is 17.6 Å². The molecule has 7 heteroatoms. The Balaban J connectivity index is 1.98. The van der Waals surface area contributed by atoms with E-state index in [4.69, 9.17) is 9.68 Å². The van der Waals surface area contributed by atoms with Crippen LogP contribution in [0.1, 0.15) is 17.0 Å². The Hall–Kier alpha value is -2.46. The number of nitrogens with zero attached hydrogens (tertiary/aromatic N) is 2. The van der Waals surface area contributed by atoms with Crippen LogP contribution in [0.5, 0.6) is 0 Å². The van der Waals surface area contributed by atoms with E-state index < -0.39 is 11.7 Å². The molecule has 23 heavy (non-hydrogen) atoms. The van der Waals surface area contributed by atoms with Gasteiger partial charge in [-0.25, -0.2) is 4.98 Å². The Morgan fingerprint density at radius 3 is 2.43 bits per heavy atom. The van der Waals surface area contributed by atoms with Gasteiger partial charge in [0.1, 0.15) is 11.6 Å². The molecule has 3 aromatic rings. The molecule has 3 nitrogen and oxygen atoms in total. The molecule has 0 aliphatic carbocycles. The molecule has 0 amide bonds. The fourth-order valence-electron chi connectivity index (χ4n) is 2.10. The molecule has 1 heterocycles. The van der Waals surface area contributed by atoms with Crippen LogP contribution in [0, 0.1) is 18.3 Å². The fourth-order valence-corrected chi connectivity index (χ4v) is 3.00. The minimum absolute atomic E-state index is 0.373. The summed E-state index contributed by atoms with van der Waals surface area (Å²) in [6, 6.07) is 10.2. The number of aromatic nitrogens is 1. The van der Waals surface area contributed by atoms with Crippen LogP contribution in [0.3, 0.4) is 0 Å². The van der Waals surface area contributed by atoms with E-state index >= 15 is 0 Å². The van der Waals surface area contributed by atoms with Crippen LogP contribution in [-0.2, 0) is 6.18 Å². The molecule has 3 rings (SSSR count). The zero-order valence-electron chi connectivity index (χ0n) is 11.8. The van der Waals surface area contributed by atoms with Crippen LogP contribution in [0.25, 0.3) is 11.1 Å². The van der Waals surface area contributed by atoms with Crippen molar-refractivity contribution in [2.75, 3.05) is 0 Å². The molecule has 0 atom stereocenters. The predicted octanol–water partition coefficient (Wildman–Crippen LogP) is 5.18. The molecule has 0 radical (unpaired) electrons. The summed E-state index contributed by atoms with van der Waals surface area (Å²) in [6.07, 6.45) is -4.35. The number of oxazole rings is 1. The van der Waals surface area contributed by atoms with Gasteiger partial charge in [0.25, 0.3) is 0 Å². The molecule has 1 aromatic heterocycles. The van der Waals surface area contributed by atoms with Crippen LogP contribution in [0.2, 0.25) is 0 Å². The largest absolute Gasteiger partial charge is 0.440 e. The SMILES string of the molecule is Cc1nc2c(Sc3ccc(C(F)(F)F)cc3)ccc(C#N)c2o1. The molecular weight excluding hydrogens is 325 g/mol. The topological polar surface area (TPSA) is 49.8 Å². The van der Waals surface area contributed by atoms with Crippen molar-refractivity contribution in [2.24, 2.45) is 0 Å². The minimum Gasteiger partial charge on any atom is -0.440 e. The van der Waals surface area contributed by atoms with Gasteiger partial charge in [0.15, 0.2) is 11.5 Å². The fraction of sp³-hybridized carbons (Fsp3) is 0.125. The first-order valence-electron chi connectivity index (χ1n) is 6.54. The second kappa shape index (κ2) is 5.63. The highest BCUT2D eigenvalue weighted by molar-refractivity contribution is 7.99. The monoisotopic (exact) mass is 334 g/mol. The van der Waals surface area contributed by atoms with E-state index in [0.717, 1.165) is 17.0 Å². The number of nitriles is 1. The van der Waals surface area contributed by atoms with Crippen LogP contribution < -0.4 is 0 Å². The predicted molar refractivity (Wildman–Crippen MR) is 79.0 cm³/mol. The van der Waals surface area contributed by atoms with Crippen molar-refractivity contribution in [1.82, 2.24) is 4.98 Å². The first-order chi connectivity index (χ1) is 10.9. The number of hydrogen-bond acceptors (Lipinski definition) is 4. The number of halogens is 3. The van der Waals surface area contributed by atoms with E-state index in [2.05, 4.69) is 4.98 Å². The maximum Gasteiger partial charge on any atom is 0.416 e. The standard InChI is InChI=1S/C16H9F3N2OS/c1-9-21-14-13(7-2-10(8-20)15(14)22-9)23-12-5-3-11(4-6-12)16(17,18)19/h2-7H,1H3. The van der Waals surface area contributed by atoms with E-state index in [1.807, 2.05) is 6.07 Å². The smallest absolute Gasteiger partial charge is 0.416 e. The van der Waals surface area contributed by atoms with Gasteiger partial charge < -0.3 is 4.42 Å². The number of fused-ring (bicyclic) bond motifs is 1. The lowest BCUT2D eigenvalue weighted by atomic mass is 10.2. The molecule has 0 saturated heterocycles. The lowest BCUT2D eigenvalue weighted by molar-refractivity contribution is -0.137. The van der Waals surface area contributed by atoms with Gasteiger partial charge in [-0.15, -0.1) is 0 Å². The van der Waals surface area contributed by atoms with Crippen LogP contribution >= 0.6 is 11.8 Å². The Morgan fingerprint density at radius 1 is 1.13 bits per heavy atom. The van der Waals surface area contributed by atoms with Crippen molar-refractivity contribution in [3.63, 3.8) is 0 Å². The van der Waals surface area contributed by atoms with Gasteiger partial charge in [0.05, 0.1) is 11.1 Å². The molecular formula is C16H9F3N2OS. The molecule has 0 saturated carbocycles. The van der Waals surface area contributed by atoms with Crippen LogP contribution in [-0.4, -0.2) is 4.98 Å². The summed E-state index contributed by atoms with van der Waals surface area (Å²) in [5.74, 6) is 0.428. The van der Waals surface area contributed by atoms with Gasteiger partial charge in [0.2, 0.25) is 0 Å². The van der Waals surface area contributed by atoms with Gasteiger partial charge in [0, 0.05) is 16.7 Å². The van der Waals surface area contributed by atoms with Crippen molar-refractivity contribution in [1.29, 1.82) is 5.26 Å². The summed E-state index contributed by atoms with van der Waals surface area (Å²) in [5.41, 5.74) is 0.606. The van der Waals surface area contributed by atoms with Gasteiger partial charge in [-0.2, -0.15) is 18.4 Å². The summed E-state index contributed by atoms with van der Waals surface area (Å²) in [7, 11) is 0. The second-order valence-electron chi connectivity index (χ2n) is 4.76. The highest BCUT2D eigenvalue weighted by atomic mass is 32.2. The average molecular weight is 334 g/mol. The van der Waals surface area contributed by atoms with Crippen LogP contribution in [0.15, 0.2) is 50.6 Å².